The predicted molar refractivity (Wildman–Crippen MR) is 96.6 cm³/mol. The molecule has 0 saturated heterocycles. The fourth-order valence-electron chi connectivity index (χ4n) is 2.48. The Morgan fingerprint density at radius 3 is 2.35 bits per heavy atom. The van der Waals surface area contributed by atoms with Gasteiger partial charge in [-0.1, -0.05) is 6.08 Å². The smallest absolute Gasteiger partial charge is 0.379 e. The lowest BCUT2D eigenvalue weighted by molar-refractivity contribution is 0.0700. The lowest BCUT2D eigenvalue weighted by atomic mass is 10.1. The summed E-state index contributed by atoms with van der Waals surface area (Å²) in [4.78, 5) is 12.1. The number of hydrogen-bond donors (Lipinski definition) is 1. The minimum Gasteiger partial charge on any atom is -0.507 e. The number of esters is 1. The van der Waals surface area contributed by atoms with Crippen molar-refractivity contribution in [3.8, 4) is 11.5 Å². The molecule has 0 atom stereocenters. The molecule has 0 amide bonds. The van der Waals surface area contributed by atoms with Crippen molar-refractivity contribution in [3.05, 3.63) is 82.6 Å². The van der Waals surface area contributed by atoms with Crippen LogP contribution in [-0.4, -0.2) is 11.1 Å². The minimum atomic E-state index is -0.660. The zero-order valence-electron chi connectivity index (χ0n) is 14.3. The molecule has 0 saturated carbocycles. The molecule has 3 rings (SSSR count). The number of benzene rings is 2. The number of phenolic OH excluding ortho intramolecular Hbond substituents is 1. The van der Waals surface area contributed by atoms with Gasteiger partial charge in [-0.25, -0.2) is 9.18 Å². The van der Waals surface area contributed by atoms with Crippen molar-refractivity contribution in [2.45, 2.75) is 13.8 Å². The van der Waals surface area contributed by atoms with E-state index in [-0.39, 0.29) is 17.3 Å². The number of phenols is 1. The van der Waals surface area contributed by atoms with Crippen LogP contribution in [0.25, 0.3) is 12.2 Å². The fourth-order valence-corrected chi connectivity index (χ4v) is 2.48. The van der Waals surface area contributed by atoms with Crippen LogP contribution in [0, 0.1) is 19.7 Å². The number of hydrogen-bond acceptors (Lipinski definition) is 4. The van der Waals surface area contributed by atoms with Crippen LogP contribution in [0.5, 0.6) is 11.5 Å². The molecular formula is C21H17FO4. The molecule has 26 heavy (non-hydrogen) atoms. The van der Waals surface area contributed by atoms with Crippen LogP contribution in [0.15, 0.2) is 52.9 Å². The highest BCUT2D eigenvalue weighted by Crippen LogP contribution is 2.24. The molecule has 3 aromatic rings. The molecular weight excluding hydrogens is 335 g/mol. The molecule has 5 heteroatoms. The van der Waals surface area contributed by atoms with Crippen LogP contribution >= 0.6 is 0 Å². The van der Waals surface area contributed by atoms with Gasteiger partial charge in [-0.05, 0) is 85.1 Å². The van der Waals surface area contributed by atoms with E-state index in [0.29, 0.717) is 5.76 Å². The zero-order valence-corrected chi connectivity index (χ0v) is 14.3. The van der Waals surface area contributed by atoms with Crippen LogP contribution in [0.1, 0.15) is 33.0 Å². The molecule has 0 aliphatic heterocycles. The Hall–Kier alpha value is -3.34. The zero-order chi connectivity index (χ0) is 18.7. The van der Waals surface area contributed by atoms with Crippen LogP contribution in [0.4, 0.5) is 4.39 Å². The van der Waals surface area contributed by atoms with E-state index in [1.165, 1.54) is 30.3 Å². The average molecular weight is 352 g/mol. The van der Waals surface area contributed by atoms with E-state index in [0.717, 1.165) is 16.7 Å². The van der Waals surface area contributed by atoms with Gasteiger partial charge in [-0.15, -0.1) is 0 Å². The van der Waals surface area contributed by atoms with E-state index in [4.69, 9.17) is 9.15 Å². The Bertz CT molecular complexity index is 945. The molecule has 1 heterocycles. The normalized spacial score (nSPS) is 11.0. The molecule has 2 aromatic carbocycles. The summed E-state index contributed by atoms with van der Waals surface area (Å²) < 4.78 is 23.5. The van der Waals surface area contributed by atoms with E-state index in [9.17, 15) is 14.3 Å². The molecule has 0 fully saturated rings. The summed E-state index contributed by atoms with van der Waals surface area (Å²) in [6.07, 6.45) is 3.55. The quantitative estimate of drug-likeness (QED) is 0.522. The van der Waals surface area contributed by atoms with Crippen molar-refractivity contribution < 1.29 is 23.4 Å². The maximum atomic E-state index is 12.9. The Balaban J connectivity index is 1.71. The highest BCUT2D eigenvalue weighted by molar-refractivity contribution is 5.88. The van der Waals surface area contributed by atoms with Gasteiger partial charge in [0.05, 0.1) is 0 Å². The number of carbonyl (C=O) groups excluding carboxylic acids is 1. The van der Waals surface area contributed by atoms with E-state index in [2.05, 4.69) is 0 Å². The van der Waals surface area contributed by atoms with Gasteiger partial charge in [-0.2, -0.15) is 0 Å². The van der Waals surface area contributed by atoms with Gasteiger partial charge in [0.25, 0.3) is 0 Å². The lowest BCUT2D eigenvalue weighted by Crippen LogP contribution is -2.07. The number of halogens is 1. The number of furan rings is 1. The van der Waals surface area contributed by atoms with Gasteiger partial charge in [0.1, 0.15) is 23.1 Å². The summed E-state index contributed by atoms with van der Waals surface area (Å²) >= 11 is 0. The Morgan fingerprint density at radius 1 is 1.04 bits per heavy atom. The average Bonchev–Trinajstić information content (AvgIpc) is 3.09. The van der Waals surface area contributed by atoms with E-state index in [1.807, 2.05) is 32.1 Å². The highest BCUT2D eigenvalue weighted by atomic mass is 19.1. The third kappa shape index (κ3) is 4.00. The SMILES string of the molecule is Cc1cc(/C=C/c2ccc(C(=O)Oc3ccc(F)cc3)o2)cc(C)c1O. The first-order chi connectivity index (χ1) is 12.4. The predicted octanol–water partition coefficient (Wildman–Crippen LogP) is 5.13. The highest BCUT2D eigenvalue weighted by Gasteiger charge is 2.13. The molecule has 1 aromatic heterocycles. The molecule has 0 unspecified atom stereocenters. The fraction of sp³-hybridized carbons (Fsp3) is 0.0952. The van der Waals surface area contributed by atoms with E-state index < -0.39 is 11.8 Å². The summed E-state index contributed by atoms with van der Waals surface area (Å²) in [5.74, 6) is -0.0140. The van der Waals surface area contributed by atoms with Gasteiger partial charge < -0.3 is 14.3 Å². The topological polar surface area (TPSA) is 59.7 Å². The maximum Gasteiger partial charge on any atom is 0.379 e. The first-order valence-electron chi connectivity index (χ1n) is 7.98. The van der Waals surface area contributed by atoms with E-state index >= 15 is 0 Å². The first kappa shape index (κ1) is 17.5. The summed E-state index contributed by atoms with van der Waals surface area (Å²) in [7, 11) is 0. The maximum absolute atomic E-state index is 12.9. The molecule has 0 spiro atoms. The third-order valence-corrected chi connectivity index (χ3v) is 3.81. The van der Waals surface area contributed by atoms with Crippen LogP contribution in [0.3, 0.4) is 0 Å². The summed E-state index contributed by atoms with van der Waals surface area (Å²) in [5.41, 5.74) is 2.48. The Morgan fingerprint density at radius 2 is 1.69 bits per heavy atom. The standard InChI is InChI=1S/C21H17FO4/c1-13-11-15(12-14(2)20(13)23)3-6-17-9-10-19(25-17)21(24)26-18-7-4-16(22)5-8-18/h3-12,23H,1-2H3/b6-3+. The minimum absolute atomic E-state index is 0.0482. The van der Waals surface area contributed by atoms with Crippen LogP contribution in [-0.2, 0) is 0 Å². The molecule has 0 bridgehead atoms. The molecule has 1 N–H and O–H groups in total. The summed E-state index contributed by atoms with van der Waals surface area (Å²) in [6, 6.07) is 12.0. The second-order valence-electron chi connectivity index (χ2n) is 5.88. The first-order valence-corrected chi connectivity index (χ1v) is 7.98. The molecule has 0 aliphatic carbocycles. The summed E-state index contributed by atoms with van der Waals surface area (Å²) in [5, 5.41) is 9.80. The number of carbonyl (C=O) groups is 1. The monoisotopic (exact) mass is 352 g/mol. The van der Waals surface area contributed by atoms with Crippen molar-refractivity contribution in [1.29, 1.82) is 0 Å². The van der Waals surface area contributed by atoms with Gasteiger partial charge >= 0.3 is 5.97 Å². The lowest BCUT2D eigenvalue weighted by Gasteiger charge is -2.04. The number of ether oxygens (including phenoxy) is 1. The van der Waals surface area contributed by atoms with Crippen molar-refractivity contribution in [1.82, 2.24) is 0 Å². The second kappa shape index (κ2) is 7.27. The molecule has 132 valence electrons. The van der Waals surface area contributed by atoms with Crippen molar-refractivity contribution in [2.24, 2.45) is 0 Å². The largest absolute Gasteiger partial charge is 0.507 e. The van der Waals surface area contributed by atoms with Gasteiger partial charge in [0.15, 0.2) is 0 Å². The molecule has 0 radical (unpaired) electrons. The van der Waals surface area contributed by atoms with Crippen LogP contribution < -0.4 is 4.74 Å². The third-order valence-electron chi connectivity index (χ3n) is 3.81. The van der Waals surface area contributed by atoms with E-state index in [1.54, 1.807) is 12.1 Å². The number of rotatable bonds is 4. The van der Waals surface area contributed by atoms with Crippen LogP contribution in [0.2, 0.25) is 0 Å². The van der Waals surface area contributed by atoms with Crippen molar-refractivity contribution in [2.75, 3.05) is 0 Å². The Kier molecular flexibility index (Phi) is 4.89. The molecule has 4 nitrogen and oxygen atoms in total. The Labute approximate surface area is 150 Å². The molecule has 0 aliphatic rings. The van der Waals surface area contributed by atoms with Gasteiger partial charge in [-0.3, -0.25) is 0 Å². The van der Waals surface area contributed by atoms with Crippen molar-refractivity contribution in [3.63, 3.8) is 0 Å². The van der Waals surface area contributed by atoms with Crippen molar-refractivity contribution >= 4 is 18.1 Å². The number of aromatic hydroxyl groups is 1. The van der Waals surface area contributed by atoms with Gasteiger partial charge in [0, 0.05) is 0 Å². The van der Waals surface area contributed by atoms with Gasteiger partial charge in [0.2, 0.25) is 5.76 Å². The summed E-state index contributed by atoms with van der Waals surface area (Å²) in [6.45, 7) is 3.66. The second-order valence-corrected chi connectivity index (χ2v) is 5.88. The number of aryl methyl sites for hydroxylation is 2.